The molecule has 0 bridgehead atoms. The quantitative estimate of drug-likeness (QED) is 0.359. The van der Waals surface area contributed by atoms with E-state index in [4.69, 9.17) is 14.9 Å². The van der Waals surface area contributed by atoms with Crippen LogP contribution in [0.5, 0.6) is 0 Å². The zero-order chi connectivity index (χ0) is 11.5. The van der Waals surface area contributed by atoms with E-state index in [2.05, 4.69) is 0 Å². The van der Waals surface area contributed by atoms with Gasteiger partial charge in [-0.05, 0) is 19.8 Å². The summed E-state index contributed by atoms with van der Waals surface area (Å²) < 4.78 is 4.88. The molecule has 0 radical (unpaired) electrons. The summed E-state index contributed by atoms with van der Waals surface area (Å²) in [6, 6.07) is 0. The first-order valence-corrected chi connectivity index (χ1v) is 5.23. The highest BCUT2D eigenvalue weighted by atomic mass is 16.5. The predicted octanol–water partition coefficient (Wildman–Crippen LogP) is 0.877. The van der Waals surface area contributed by atoms with Crippen LogP contribution in [-0.2, 0) is 9.53 Å². The third kappa shape index (κ3) is 8.15. The summed E-state index contributed by atoms with van der Waals surface area (Å²) in [5.41, 5.74) is 0. The van der Waals surface area contributed by atoms with E-state index < -0.39 is 0 Å². The molecule has 0 heterocycles. The zero-order valence-corrected chi connectivity index (χ0v) is 9.19. The fourth-order valence-electron chi connectivity index (χ4n) is 0.977. The molecule has 4 heteroatoms. The van der Waals surface area contributed by atoms with Crippen LogP contribution in [0.1, 0.15) is 26.2 Å². The molecule has 15 heavy (non-hydrogen) atoms. The van der Waals surface area contributed by atoms with Gasteiger partial charge in [-0.25, -0.2) is 0 Å². The van der Waals surface area contributed by atoms with Crippen LogP contribution in [0.3, 0.4) is 0 Å². The van der Waals surface area contributed by atoms with Gasteiger partial charge in [0.25, 0.3) is 0 Å². The predicted molar refractivity (Wildman–Crippen MR) is 57.3 cm³/mol. The molecule has 0 saturated heterocycles. The highest BCUT2D eigenvalue weighted by Crippen LogP contribution is 2.01. The van der Waals surface area contributed by atoms with Crippen molar-refractivity contribution in [1.82, 2.24) is 0 Å². The summed E-state index contributed by atoms with van der Waals surface area (Å²) in [5, 5.41) is 17.4. The Kier molecular flexibility index (Phi) is 9.11. The second-order valence-corrected chi connectivity index (χ2v) is 3.38. The number of allylic oxidation sites excluding steroid dienone is 2. The molecule has 0 atom stereocenters. The maximum Gasteiger partial charge on any atom is 0.305 e. The monoisotopic (exact) mass is 216 g/mol. The van der Waals surface area contributed by atoms with Crippen molar-refractivity contribution in [3.05, 3.63) is 12.2 Å². The Morgan fingerprint density at radius 2 is 2.07 bits per heavy atom. The summed E-state index contributed by atoms with van der Waals surface area (Å²) in [6.07, 6.45) is 5.96. The summed E-state index contributed by atoms with van der Waals surface area (Å²) in [7, 11) is 0. The average molecular weight is 216 g/mol. The number of hydrogen-bond acceptors (Lipinski definition) is 4. The van der Waals surface area contributed by atoms with Crippen LogP contribution < -0.4 is 0 Å². The largest absolute Gasteiger partial charge is 0.465 e. The van der Waals surface area contributed by atoms with Gasteiger partial charge in [0.1, 0.15) is 0 Å². The van der Waals surface area contributed by atoms with Crippen molar-refractivity contribution < 1.29 is 19.7 Å². The van der Waals surface area contributed by atoms with Crippen LogP contribution in [0, 0.1) is 5.92 Å². The Balaban J connectivity index is 3.48. The zero-order valence-electron chi connectivity index (χ0n) is 9.19. The molecule has 0 aliphatic carbocycles. The lowest BCUT2D eigenvalue weighted by atomic mass is 10.2. The first-order valence-electron chi connectivity index (χ1n) is 5.23. The van der Waals surface area contributed by atoms with Gasteiger partial charge in [0.05, 0.1) is 19.8 Å². The molecular formula is C11H20O4. The van der Waals surface area contributed by atoms with Crippen LogP contribution in [0.25, 0.3) is 0 Å². The summed E-state index contributed by atoms with van der Waals surface area (Å²) in [4.78, 5) is 11.1. The number of aliphatic hydroxyl groups excluding tert-OH is 2. The number of carbonyl (C=O) groups is 1. The first-order chi connectivity index (χ1) is 7.24. The van der Waals surface area contributed by atoms with E-state index in [1.807, 2.05) is 19.1 Å². The lowest BCUT2D eigenvalue weighted by Crippen LogP contribution is -2.20. The molecule has 0 aliphatic rings. The SMILES string of the molecule is C/C=C\CCCC(=O)OCC(CO)CO. The maximum absolute atomic E-state index is 11.1. The third-order valence-corrected chi connectivity index (χ3v) is 1.98. The fraction of sp³-hybridized carbons (Fsp3) is 0.727. The van der Waals surface area contributed by atoms with Crippen LogP contribution >= 0.6 is 0 Å². The minimum Gasteiger partial charge on any atom is -0.465 e. The minimum absolute atomic E-state index is 0.0927. The third-order valence-electron chi connectivity index (χ3n) is 1.98. The molecule has 4 nitrogen and oxygen atoms in total. The molecule has 2 N–H and O–H groups in total. The van der Waals surface area contributed by atoms with E-state index in [1.165, 1.54) is 0 Å². The van der Waals surface area contributed by atoms with Crippen molar-refractivity contribution >= 4 is 5.97 Å². The molecule has 0 unspecified atom stereocenters. The normalized spacial score (nSPS) is 11.2. The topological polar surface area (TPSA) is 66.8 Å². The van der Waals surface area contributed by atoms with E-state index in [-0.39, 0.29) is 31.7 Å². The summed E-state index contributed by atoms with van der Waals surface area (Å²) >= 11 is 0. The van der Waals surface area contributed by atoms with Gasteiger partial charge in [-0.3, -0.25) is 4.79 Å². The lowest BCUT2D eigenvalue weighted by Gasteiger charge is -2.10. The number of aliphatic hydroxyl groups is 2. The Bertz CT molecular complexity index is 185. The van der Waals surface area contributed by atoms with Crippen LogP contribution in [0.4, 0.5) is 0 Å². The molecule has 0 aromatic rings. The minimum atomic E-state index is -0.357. The van der Waals surface area contributed by atoms with Gasteiger partial charge in [-0.2, -0.15) is 0 Å². The fourth-order valence-corrected chi connectivity index (χ4v) is 0.977. The molecule has 0 spiro atoms. The van der Waals surface area contributed by atoms with Crippen LogP contribution in [0.15, 0.2) is 12.2 Å². The van der Waals surface area contributed by atoms with E-state index in [1.54, 1.807) is 0 Å². The molecule has 0 aromatic carbocycles. The van der Waals surface area contributed by atoms with E-state index in [9.17, 15) is 4.79 Å². The van der Waals surface area contributed by atoms with Gasteiger partial charge in [0.2, 0.25) is 0 Å². The van der Waals surface area contributed by atoms with Crippen molar-refractivity contribution in [2.75, 3.05) is 19.8 Å². The average Bonchev–Trinajstić information content (AvgIpc) is 2.26. The van der Waals surface area contributed by atoms with Gasteiger partial charge in [-0.15, -0.1) is 0 Å². The van der Waals surface area contributed by atoms with Gasteiger partial charge < -0.3 is 14.9 Å². The smallest absolute Gasteiger partial charge is 0.305 e. The van der Waals surface area contributed by atoms with E-state index in [0.717, 1.165) is 12.8 Å². The molecule has 0 amide bonds. The molecule has 0 saturated carbocycles. The number of rotatable bonds is 8. The Hall–Kier alpha value is -0.870. The van der Waals surface area contributed by atoms with Gasteiger partial charge in [0.15, 0.2) is 0 Å². The Labute approximate surface area is 90.6 Å². The second-order valence-electron chi connectivity index (χ2n) is 3.38. The highest BCUT2D eigenvalue weighted by Gasteiger charge is 2.09. The summed E-state index contributed by atoms with van der Waals surface area (Å²) in [6.45, 7) is 1.70. The van der Waals surface area contributed by atoms with E-state index in [0.29, 0.717) is 6.42 Å². The van der Waals surface area contributed by atoms with Crippen molar-refractivity contribution in [2.24, 2.45) is 5.92 Å². The van der Waals surface area contributed by atoms with E-state index >= 15 is 0 Å². The molecule has 0 aliphatic heterocycles. The maximum atomic E-state index is 11.1. The molecule has 0 fully saturated rings. The number of ether oxygens (including phenoxy) is 1. The Morgan fingerprint density at radius 3 is 2.60 bits per heavy atom. The van der Waals surface area contributed by atoms with Crippen molar-refractivity contribution in [3.63, 3.8) is 0 Å². The summed E-state index contributed by atoms with van der Waals surface area (Å²) in [5.74, 6) is -0.629. The Morgan fingerprint density at radius 1 is 1.40 bits per heavy atom. The molecule has 0 aromatic heterocycles. The van der Waals surface area contributed by atoms with Gasteiger partial charge >= 0.3 is 5.97 Å². The number of esters is 1. The lowest BCUT2D eigenvalue weighted by molar-refractivity contribution is -0.145. The molecule has 88 valence electrons. The number of unbranched alkanes of at least 4 members (excludes halogenated alkanes) is 1. The van der Waals surface area contributed by atoms with Gasteiger partial charge in [0, 0.05) is 12.3 Å². The van der Waals surface area contributed by atoms with Crippen molar-refractivity contribution in [3.8, 4) is 0 Å². The number of carbonyl (C=O) groups excluding carboxylic acids is 1. The van der Waals surface area contributed by atoms with Crippen molar-refractivity contribution in [2.45, 2.75) is 26.2 Å². The standard InChI is InChI=1S/C11H20O4/c1-2-3-4-5-6-11(14)15-9-10(7-12)8-13/h2-3,10,12-13H,4-9H2,1H3/b3-2-. The number of hydrogen-bond donors (Lipinski definition) is 2. The highest BCUT2D eigenvalue weighted by molar-refractivity contribution is 5.69. The van der Waals surface area contributed by atoms with Gasteiger partial charge in [-0.1, -0.05) is 12.2 Å². The van der Waals surface area contributed by atoms with Crippen LogP contribution in [0.2, 0.25) is 0 Å². The molecule has 0 rings (SSSR count). The molecular weight excluding hydrogens is 196 g/mol. The second kappa shape index (κ2) is 9.68. The van der Waals surface area contributed by atoms with Crippen molar-refractivity contribution in [1.29, 1.82) is 0 Å². The first kappa shape index (κ1) is 14.1. The van der Waals surface area contributed by atoms with Crippen LogP contribution in [-0.4, -0.2) is 36.0 Å².